The zero-order valence-electron chi connectivity index (χ0n) is 22.4. The van der Waals surface area contributed by atoms with E-state index in [-0.39, 0.29) is 55.8 Å². The van der Waals surface area contributed by atoms with E-state index in [1.807, 2.05) is 47.4 Å². The molecule has 1 aliphatic rings. The first kappa shape index (κ1) is 30.8. The molecule has 1 atom stereocenters. The van der Waals surface area contributed by atoms with Gasteiger partial charge in [0.2, 0.25) is 11.8 Å². The van der Waals surface area contributed by atoms with Gasteiger partial charge < -0.3 is 30.7 Å². The second kappa shape index (κ2) is 15.8. The van der Waals surface area contributed by atoms with Crippen LogP contribution in [-0.4, -0.2) is 78.4 Å². The summed E-state index contributed by atoms with van der Waals surface area (Å²) in [4.78, 5) is 50.0. The molecule has 0 spiro atoms. The number of amidine groups is 1. The molecule has 0 aliphatic carbocycles. The van der Waals surface area contributed by atoms with Crippen LogP contribution >= 0.6 is 0 Å². The quantitative estimate of drug-likeness (QED) is 0.190. The van der Waals surface area contributed by atoms with Gasteiger partial charge >= 0.3 is 5.97 Å². The van der Waals surface area contributed by atoms with Crippen LogP contribution in [0.4, 0.5) is 5.69 Å². The highest BCUT2D eigenvalue weighted by Gasteiger charge is 2.27. The molecule has 0 saturated carbocycles. The average molecular weight is 540 g/mol. The molecule has 2 aromatic rings. The maximum atomic E-state index is 12.8. The third-order valence-corrected chi connectivity index (χ3v) is 5.90. The van der Waals surface area contributed by atoms with E-state index in [1.54, 1.807) is 19.1 Å². The predicted molar refractivity (Wildman–Crippen MR) is 148 cm³/mol. The number of aryl methyl sites for hydroxylation is 1. The van der Waals surface area contributed by atoms with Gasteiger partial charge in [0.25, 0.3) is 5.97 Å². The lowest BCUT2D eigenvalue weighted by Gasteiger charge is -2.35. The lowest BCUT2D eigenvalue weighted by Crippen LogP contribution is -2.54. The summed E-state index contributed by atoms with van der Waals surface area (Å²) in [5.41, 5.74) is 8.11. The zero-order chi connectivity index (χ0) is 28.8. The second-order valence-electron chi connectivity index (χ2n) is 9.01. The summed E-state index contributed by atoms with van der Waals surface area (Å²) < 4.78 is 5.07. The van der Waals surface area contributed by atoms with Crippen molar-refractivity contribution in [2.45, 2.75) is 39.2 Å². The lowest BCUT2D eigenvalue weighted by molar-refractivity contribution is -0.144. The molecule has 1 saturated heterocycles. The number of nitrogens with zero attached hydrogens (tertiary/aromatic N) is 2. The average Bonchev–Trinajstić information content (AvgIpc) is 2.89. The van der Waals surface area contributed by atoms with Crippen LogP contribution in [0.5, 0.6) is 0 Å². The van der Waals surface area contributed by atoms with Crippen molar-refractivity contribution in [3.05, 3.63) is 65.7 Å². The number of carboxylic acids is 1. The van der Waals surface area contributed by atoms with E-state index in [9.17, 15) is 14.4 Å². The Morgan fingerprint density at radius 3 is 2.31 bits per heavy atom. The molecule has 11 heteroatoms. The van der Waals surface area contributed by atoms with Crippen LogP contribution in [0.25, 0.3) is 0 Å². The summed E-state index contributed by atoms with van der Waals surface area (Å²) in [6.45, 7) is 4.21. The first-order valence-electron chi connectivity index (χ1n) is 12.7. The fraction of sp³-hybridized carbons (Fsp3) is 0.393. The molecule has 1 unspecified atom stereocenters. The van der Waals surface area contributed by atoms with Crippen molar-refractivity contribution in [3.63, 3.8) is 0 Å². The third-order valence-electron chi connectivity index (χ3n) is 5.90. The number of nitrogens with two attached hydrogens (primary N) is 1. The molecule has 39 heavy (non-hydrogen) atoms. The number of carboxylic acid groups (broad SMARTS) is 1. The summed E-state index contributed by atoms with van der Waals surface area (Å²) in [5, 5.41) is 17.8. The highest BCUT2D eigenvalue weighted by Crippen LogP contribution is 2.18. The van der Waals surface area contributed by atoms with Gasteiger partial charge in [0, 0.05) is 37.3 Å². The van der Waals surface area contributed by atoms with E-state index in [0.717, 1.165) is 18.2 Å². The molecule has 5 N–H and O–H groups in total. The summed E-state index contributed by atoms with van der Waals surface area (Å²) in [6.07, 6.45) is 1.39. The standard InChI is InChI=1S/C26H33N5O4.C2H4O2/c1-2-35-25(34)16-21(11-8-19-6-4-3-5-7-19)29-23(32)17-31-15-14-30(18-24(31)33)22-12-9-20(10-13-22)26(27)28;1-2(3)4/h3-7,9-10,12-13,21H,2,8,11,14-18H2,1H3,(H3,27,28)(H,29,32);1H3,(H,3,4). The van der Waals surface area contributed by atoms with Gasteiger partial charge in [-0.15, -0.1) is 0 Å². The van der Waals surface area contributed by atoms with Crippen molar-refractivity contribution >= 4 is 35.3 Å². The lowest BCUT2D eigenvalue weighted by atomic mass is 10.0. The predicted octanol–water partition coefficient (Wildman–Crippen LogP) is 1.78. The Balaban J connectivity index is 0.00000124. The van der Waals surface area contributed by atoms with E-state index in [2.05, 4.69) is 5.32 Å². The number of amides is 2. The van der Waals surface area contributed by atoms with Crippen molar-refractivity contribution in [1.82, 2.24) is 10.2 Å². The fourth-order valence-electron chi connectivity index (χ4n) is 4.03. The van der Waals surface area contributed by atoms with Gasteiger partial charge in [0.05, 0.1) is 26.1 Å². The number of carbonyl (C=O) groups is 4. The van der Waals surface area contributed by atoms with Crippen molar-refractivity contribution in [2.75, 3.05) is 37.7 Å². The van der Waals surface area contributed by atoms with Crippen LogP contribution in [0, 0.1) is 5.41 Å². The summed E-state index contributed by atoms with van der Waals surface area (Å²) in [6, 6.07) is 16.7. The number of hydrogen-bond donors (Lipinski definition) is 4. The smallest absolute Gasteiger partial charge is 0.307 e. The molecule has 2 aromatic carbocycles. The largest absolute Gasteiger partial charge is 0.481 e. The first-order chi connectivity index (χ1) is 18.6. The SMILES string of the molecule is CC(=O)O.CCOC(=O)CC(CCc1ccccc1)NC(=O)CN1CCN(c2ccc(C(=N)N)cc2)CC1=O. The number of nitrogens with one attached hydrogen (secondary N) is 2. The number of piperazine rings is 1. The minimum atomic E-state index is -0.833. The number of nitrogen functional groups attached to an aromatic ring is 1. The number of hydrogen-bond acceptors (Lipinski definition) is 7. The summed E-state index contributed by atoms with van der Waals surface area (Å²) >= 11 is 0. The van der Waals surface area contributed by atoms with Gasteiger partial charge in [-0.3, -0.25) is 24.6 Å². The Labute approximate surface area is 228 Å². The number of aliphatic carboxylic acids is 1. The molecule has 0 radical (unpaired) electrons. The van der Waals surface area contributed by atoms with Crippen LogP contribution in [0.15, 0.2) is 54.6 Å². The minimum absolute atomic E-state index is 0.00603. The van der Waals surface area contributed by atoms with Crippen molar-refractivity contribution in [1.29, 1.82) is 5.41 Å². The van der Waals surface area contributed by atoms with Gasteiger partial charge in [0.1, 0.15) is 5.84 Å². The Morgan fingerprint density at radius 2 is 1.74 bits per heavy atom. The van der Waals surface area contributed by atoms with Gasteiger partial charge in [-0.1, -0.05) is 30.3 Å². The van der Waals surface area contributed by atoms with Crippen LogP contribution in [0.3, 0.4) is 0 Å². The number of esters is 1. The van der Waals surface area contributed by atoms with E-state index in [1.165, 1.54) is 4.90 Å². The second-order valence-corrected chi connectivity index (χ2v) is 9.01. The molecule has 1 aliphatic heterocycles. The number of carbonyl (C=O) groups excluding carboxylic acids is 3. The number of benzene rings is 2. The highest BCUT2D eigenvalue weighted by atomic mass is 16.5. The van der Waals surface area contributed by atoms with Crippen molar-refractivity contribution in [2.24, 2.45) is 5.73 Å². The van der Waals surface area contributed by atoms with Gasteiger partial charge in [-0.05, 0) is 49.6 Å². The topological polar surface area (TPSA) is 166 Å². The Bertz CT molecular complexity index is 1120. The normalized spacial score (nSPS) is 13.5. The summed E-state index contributed by atoms with van der Waals surface area (Å²) in [5.74, 6) is -1.63. The van der Waals surface area contributed by atoms with E-state index in [4.69, 9.17) is 25.8 Å². The number of anilines is 1. The summed E-state index contributed by atoms with van der Waals surface area (Å²) in [7, 11) is 0. The maximum absolute atomic E-state index is 12.8. The molecule has 1 heterocycles. The van der Waals surface area contributed by atoms with Gasteiger partial charge in [0.15, 0.2) is 0 Å². The van der Waals surface area contributed by atoms with Gasteiger partial charge in [-0.25, -0.2) is 0 Å². The molecule has 3 rings (SSSR count). The molecule has 210 valence electrons. The molecule has 11 nitrogen and oxygen atoms in total. The molecular formula is C28H37N5O6. The fourth-order valence-corrected chi connectivity index (χ4v) is 4.03. The van der Waals surface area contributed by atoms with Crippen LogP contribution in [0.2, 0.25) is 0 Å². The molecule has 0 bridgehead atoms. The van der Waals surface area contributed by atoms with E-state index < -0.39 is 5.97 Å². The number of ether oxygens (including phenoxy) is 1. The number of rotatable bonds is 11. The Morgan fingerprint density at radius 1 is 1.10 bits per heavy atom. The van der Waals surface area contributed by atoms with E-state index in [0.29, 0.717) is 31.5 Å². The van der Waals surface area contributed by atoms with Crippen molar-refractivity contribution in [3.8, 4) is 0 Å². The molecule has 2 amide bonds. The molecular weight excluding hydrogens is 502 g/mol. The van der Waals surface area contributed by atoms with E-state index >= 15 is 0 Å². The molecule has 0 aromatic heterocycles. The Kier molecular flexibility index (Phi) is 12.4. The molecule has 1 fully saturated rings. The zero-order valence-corrected chi connectivity index (χ0v) is 22.4. The maximum Gasteiger partial charge on any atom is 0.307 e. The first-order valence-corrected chi connectivity index (χ1v) is 12.7. The van der Waals surface area contributed by atoms with Crippen LogP contribution in [0.1, 0.15) is 37.8 Å². The minimum Gasteiger partial charge on any atom is -0.481 e. The van der Waals surface area contributed by atoms with Crippen molar-refractivity contribution < 1.29 is 29.0 Å². The van der Waals surface area contributed by atoms with Crippen LogP contribution in [-0.2, 0) is 30.3 Å². The third kappa shape index (κ3) is 11.2. The Hall–Kier alpha value is -4.41. The van der Waals surface area contributed by atoms with Gasteiger partial charge in [-0.2, -0.15) is 0 Å². The monoisotopic (exact) mass is 539 g/mol. The highest BCUT2D eigenvalue weighted by molar-refractivity contribution is 5.95. The van der Waals surface area contributed by atoms with Crippen LogP contribution < -0.4 is 16.0 Å².